The molecular formula is C15H18BrN3O3. The Morgan fingerprint density at radius 3 is 2.73 bits per heavy atom. The van der Waals surface area contributed by atoms with Crippen LogP contribution >= 0.6 is 15.9 Å². The number of carbonyl (C=O) groups is 2. The standard InChI is InChI=1S/C15H18BrN3O3/c1-4-8(2)12(15(21)22)18-14(20)13-9(3)17-11-6-5-10(16)7-19(11)13/h5-8,12H,4H2,1-3H3,(H,18,20)(H,21,22). The van der Waals surface area contributed by atoms with Gasteiger partial charge < -0.3 is 10.4 Å². The van der Waals surface area contributed by atoms with Crippen molar-refractivity contribution in [2.24, 2.45) is 5.92 Å². The predicted octanol–water partition coefficient (Wildman–Crippen LogP) is 2.63. The van der Waals surface area contributed by atoms with Gasteiger partial charge in [0.05, 0.1) is 5.69 Å². The Bertz CT molecular complexity index is 726. The summed E-state index contributed by atoms with van der Waals surface area (Å²) in [6.07, 6.45) is 2.40. The average molecular weight is 368 g/mol. The number of hydrogen-bond donors (Lipinski definition) is 2. The van der Waals surface area contributed by atoms with Gasteiger partial charge in [-0.25, -0.2) is 9.78 Å². The number of carbonyl (C=O) groups excluding carboxylic acids is 1. The van der Waals surface area contributed by atoms with Gasteiger partial charge in [0, 0.05) is 10.7 Å². The van der Waals surface area contributed by atoms with Crippen molar-refractivity contribution >= 4 is 33.5 Å². The number of aliphatic carboxylic acids is 1. The molecule has 0 saturated heterocycles. The molecule has 22 heavy (non-hydrogen) atoms. The zero-order chi connectivity index (χ0) is 16.4. The van der Waals surface area contributed by atoms with Gasteiger partial charge in [0.25, 0.3) is 5.91 Å². The number of carboxylic acid groups (broad SMARTS) is 1. The quantitative estimate of drug-likeness (QED) is 0.850. The van der Waals surface area contributed by atoms with Crippen LogP contribution in [-0.4, -0.2) is 32.4 Å². The molecule has 0 aliphatic heterocycles. The number of amides is 1. The number of imidazole rings is 1. The van der Waals surface area contributed by atoms with Gasteiger partial charge in [-0.3, -0.25) is 9.20 Å². The second kappa shape index (κ2) is 6.48. The maximum atomic E-state index is 12.5. The molecule has 0 aromatic carbocycles. The summed E-state index contributed by atoms with van der Waals surface area (Å²) in [5, 5.41) is 11.9. The van der Waals surface area contributed by atoms with Gasteiger partial charge in [-0.1, -0.05) is 20.3 Å². The summed E-state index contributed by atoms with van der Waals surface area (Å²) in [7, 11) is 0. The minimum absolute atomic E-state index is 0.160. The van der Waals surface area contributed by atoms with Gasteiger partial charge in [0.2, 0.25) is 0 Å². The van der Waals surface area contributed by atoms with Gasteiger partial charge in [0.15, 0.2) is 0 Å². The van der Waals surface area contributed by atoms with Crippen molar-refractivity contribution in [3.63, 3.8) is 0 Å². The first-order valence-corrected chi connectivity index (χ1v) is 7.82. The Balaban J connectivity index is 2.39. The Kier molecular flexibility index (Phi) is 4.85. The van der Waals surface area contributed by atoms with E-state index in [9.17, 15) is 14.7 Å². The van der Waals surface area contributed by atoms with Gasteiger partial charge in [-0.15, -0.1) is 0 Å². The molecule has 2 aromatic heterocycles. The molecule has 2 rings (SSSR count). The monoisotopic (exact) mass is 367 g/mol. The largest absolute Gasteiger partial charge is 0.480 e. The van der Waals surface area contributed by atoms with Crippen LogP contribution in [0.2, 0.25) is 0 Å². The molecule has 0 fully saturated rings. The normalized spacial score (nSPS) is 13.8. The lowest BCUT2D eigenvalue weighted by atomic mass is 9.99. The maximum absolute atomic E-state index is 12.5. The highest BCUT2D eigenvalue weighted by atomic mass is 79.9. The molecule has 118 valence electrons. The average Bonchev–Trinajstić information content (AvgIpc) is 2.78. The van der Waals surface area contributed by atoms with Crippen LogP contribution in [0.3, 0.4) is 0 Å². The van der Waals surface area contributed by atoms with E-state index in [1.165, 1.54) is 0 Å². The Hall–Kier alpha value is -1.89. The first-order valence-electron chi connectivity index (χ1n) is 7.03. The first kappa shape index (κ1) is 16.5. The van der Waals surface area contributed by atoms with Crippen molar-refractivity contribution in [1.29, 1.82) is 0 Å². The van der Waals surface area contributed by atoms with Crippen LogP contribution < -0.4 is 5.32 Å². The summed E-state index contributed by atoms with van der Waals surface area (Å²) < 4.78 is 2.47. The number of nitrogens with one attached hydrogen (secondary N) is 1. The molecule has 0 aliphatic rings. The zero-order valence-corrected chi connectivity index (χ0v) is 14.2. The highest BCUT2D eigenvalue weighted by molar-refractivity contribution is 9.10. The van der Waals surface area contributed by atoms with E-state index < -0.39 is 17.9 Å². The van der Waals surface area contributed by atoms with Crippen molar-refractivity contribution in [2.45, 2.75) is 33.2 Å². The highest BCUT2D eigenvalue weighted by Crippen LogP contribution is 2.17. The van der Waals surface area contributed by atoms with Crippen molar-refractivity contribution in [2.75, 3.05) is 0 Å². The summed E-state index contributed by atoms with van der Waals surface area (Å²) >= 11 is 3.36. The molecular weight excluding hydrogens is 350 g/mol. The molecule has 7 heteroatoms. The van der Waals surface area contributed by atoms with E-state index >= 15 is 0 Å². The van der Waals surface area contributed by atoms with Crippen LogP contribution in [0.1, 0.15) is 36.5 Å². The van der Waals surface area contributed by atoms with Gasteiger partial charge in [-0.05, 0) is 40.9 Å². The number of hydrogen-bond acceptors (Lipinski definition) is 3. The number of rotatable bonds is 5. The number of halogens is 1. The number of fused-ring (bicyclic) bond motifs is 1. The number of pyridine rings is 1. The molecule has 2 N–H and O–H groups in total. The van der Waals surface area contributed by atoms with Crippen LogP contribution in [0.4, 0.5) is 0 Å². The smallest absolute Gasteiger partial charge is 0.326 e. The third kappa shape index (κ3) is 3.14. The van der Waals surface area contributed by atoms with E-state index in [2.05, 4.69) is 26.2 Å². The van der Waals surface area contributed by atoms with E-state index in [4.69, 9.17) is 0 Å². The lowest BCUT2D eigenvalue weighted by Crippen LogP contribution is -2.45. The molecule has 2 atom stereocenters. The summed E-state index contributed by atoms with van der Waals surface area (Å²) in [6.45, 7) is 5.43. The fraction of sp³-hybridized carbons (Fsp3) is 0.400. The van der Waals surface area contributed by atoms with Crippen molar-refractivity contribution in [1.82, 2.24) is 14.7 Å². The van der Waals surface area contributed by atoms with Crippen LogP contribution in [-0.2, 0) is 4.79 Å². The molecule has 2 unspecified atom stereocenters. The molecule has 0 bridgehead atoms. The third-order valence-electron chi connectivity index (χ3n) is 3.74. The fourth-order valence-electron chi connectivity index (χ4n) is 2.30. The van der Waals surface area contributed by atoms with E-state index in [0.29, 0.717) is 23.5 Å². The van der Waals surface area contributed by atoms with Gasteiger partial charge >= 0.3 is 5.97 Å². The lowest BCUT2D eigenvalue weighted by Gasteiger charge is -2.20. The number of carboxylic acids is 1. The first-order chi connectivity index (χ1) is 10.3. The van der Waals surface area contributed by atoms with Gasteiger partial charge in [0.1, 0.15) is 17.4 Å². The second-order valence-corrected chi connectivity index (χ2v) is 6.21. The van der Waals surface area contributed by atoms with Crippen molar-refractivity contribution < 1.29 is 14.7 Å². The molecule has 2 aromatic rings. The Morgan fingerprint density at radius 2 is 2.14 bits per heavy atom. The minimum atomic E-state index is -1.03. The van der Waals surface area contributed by atoms with E-state index in [1.807, 2.05) is 13.0 Å². The molecule has 0 aliphatic carbocycles. The SMILES string of the molecule is CCC(C)C(NC(=O)c1c(C)nc2ccc(Br)cn12)C(=O)O. The van der Waals surface area contributed by atoms with Crippen LogP contribution in [0.15, 0.2) is 22.8 Å². The Labute approximate surface area is 136 Å². The number of aryl methyl sites for hydroxylation is 1. The van der Waals surface area contributed by atoms with E-state index in [-0.39, 0.29) is 5.92 Å². The summed E-state index contributed by atoms with van der Waals surface area (Å²) in [5.74, 6) is -1.63. The van der Waals surface area contributed by atoms with Crippen LogP contribution in [0.5, 0.6) is 0 Å². The summed E-state index contributed by atoms with van der Waals surface area (Å²) in [5.41, 5.74) is 1.55. The van der Waals surface area contributed by atoms with Crippen LogP contribution in [0, 0.1) is 12.8 Å². The molecule has 0 radical (unpaired) electrons. The van der Waals surface area contributed by atoms with Crippen LogP contribution in [0.25, 0.3) is 5.65 Å². The highest BCUT2D eigenvalue weighted by Gasteiger charge is 2.27. The third-order valence-corrected chi connectivity index (χ3v) is 4.21. The molecule has 1 amide bonds. The summed E-state index contributed by atoms with van der Waals surface area (Å²) in [4.78, 5) is 28.2. The number of aromatic nitrogens is 2. The molecule has 0 saturated carbocycles. The molecule has 0 spiro atoms. The van der Waals surface area contributed by atoms with E-state index in [0.717, 1.165) is 4.47 Å². The number of nitrogens with zero attached hydrogens (tertiary/aromatic N) is 2. The zero-order valence-electron chi connectivity index (χ0n) is 12.6. The topological polar surface area (TPSA) is 83.7 Å². The Morgan fingerprint density at radius 1 is 1.45 bits per heavy atom. The molecule has 2 heterocycles. The second-order valence-electron chi connectivity index (χ2n) is 5.30. The summed E-state index contributed by atoms with van der Waals surface area (Å²) in [6, 6.07) is 2.70. The minimum Gasteiger partial charge on any atom is -0.480 e. The van der Waals surface area contributed by atoms with Gasteiger partial charge in [-0.2, -0.15) is 0 Å². The fourth-order valence-corrected chi connectivity index (χ4v) is 2.64. The van der Waals surface area contributed by atoms with E-state index in [1.54, 1.807) is 30.5 Å². The lowest BCUT2D eigenvalue weighted by molar-refractivity contribution is -0.140. The van der Waals surface area contributed by atoms with Crippen molar-refractivity contribution in [3.8, 4) is 0 Å². The maximum Gasteiger partial charge on any atom is 0.326 e. The molecule has 6 nitrogen and oxygen atoms in total. The van der Waals surface area contributed by atoms with Crippen molar-refractivity contribution in [3.05, 3.63) is 34.2 Å². The predicted molar refractivity (Wildman–Crippen MR) is 86.0 cm³/mol.